The van der Waals surface area contributed by atoms with Gasteiger partial charge in [0.05, 0.1) is 4.90 Å². The molecule has 0 aromatic heterocycles. The Bertz CT molecular complexity index is 761. The van der Waals surface area contributed by atoms with Gasteiger partial charge in [-0.15, -0.1) is 0 Å². The first-order chi connectivity index (χ1) is 9.58. The molecule has 102 valence electrons. The molecule has 0 amide bonds. The van der Waals surface area contributed by atoms with Crippen molar-refractivity contribution in [2.75, 3.05) is 0 Å². The molecule has 5 heteroatoms. The molecule has 4 nitrogen and oxygen atoms in total. The van der Waals surface area contributed by atoms with Crippen LogP contribution in [0.3, 0.4) is 0 Å². The number of hydrogen-bond acceptors (Lipinski definition) is 3. The third kappa shape index (κ3) is 2.81. The van der Waals surface area contributed by atoms with E-state index in [1.54, 1.807) is 12.1 Å². The summed E-state index contributed by atoms with van der Waals surface area (Å²) in [4.78, 5) is 0.0856. The van der Waals surface area contributed by atoms with Gasteiger partial charge in [0.25, 0.3) is 10.0 Å². The van der Waals surface area contributed by atoms with Crippen molar-refractivity contribution in [1.29, 1.82) is 5.26 Å². The maximum Gasteiger partial charge on any atom is 0.270 e. The minimum Gasteiger partial charge on any atom is -0.215 e. The Morgan fingerprint density at radius 2 is 1.90 bits per heavy atom. The minimum absolute atomic E-state index is 0.0856. The number of aryl methyl sites for hydroxylation is 1. The fraction of sp³-hybridized carbons (Fsp3) is 0.133. The quantitative estimate of drug-likeness (QED) is 0.694. The molecule has 0 atom stereocenters. The highest BCUT2D eigenvalue weighted by Gasteiger charge is 2.14. The summed E-state index contributed by atoms with van der Waals surface area (Å²) in [7, 11) is -3.77. The van der Waals surface area contributed by atoms with E-state index in [0.717, 1.165) is 23.1 Å². The van der Waals surface area contributed by atoms with Gasteiger partial charge in [0.2, 0.25) is 0 Å². The van der Waals surface area contributed by atoms with Crippen LogP contribution in [0.2, 0.25) is 0 Å². The summed E-state index contributed by atoms with van der Waals surface area (Å²) in [5.41, 5.74) is 2.97. The Balaban J connectivity index is 2.54. The van der Waals surface area contributed by atoms with Crippen molar-refractivity contribution in [3.63, 3.8) is 0 Å². The lowest BCUT2D eigenvalue weighted by Crippen LogP contribution is -2.18. The summed E-state index contributed by atoms with van der Waals surface area (Å²) in [5, 5.41) is 8.49. The molecule has 0 heterocycles. The summed E-state index contributed by atoms with van der Waals surface area (Å²) in [5.74, 6) is 0. The van der Waals surface area contributed by atoms with E-state index in [4.69, 9.17) is 5.26 Å². The predicted molar refractivity (Wildman–Crippen MR) is 77.2 cm³/mol. The monoisotopic (exact) mass is 286 g/mol. The van der Waals surface area contributed by atoms with Crippen LogP contribution >= 0.6 is 0 Å². The lowest BCUT2D eigenvalue weighted by atomic mass is 9.98. The van der Waals surface area contributed by atoms with E-state index in [1.165, 1.54) is 12.3 Å². The fourth-order valence-electron chi connectivity index (χ4n) is 2.06. The standard InChI is InChI=1S/C15H14N2O2S/c1-2-12-6-3-4-9-15(12)13-7-5-8-14(10-13)20(18,19)17-11-16/h3-10,17H,2H2,1H3. The van der Waals surface area contributed by atoms with Crippen molar-refractivity contribution >= 4 is 10.0 Å². The highest BCUT2D eigenvalue weighted by atomic mass is 32.2. The van der Waals surface area contributed by atoms with Crippen LogP contribution in [0.5, 0.6) is 0 Å². The zero-order chi connectivity index (χ0) is 14.6. The molecule has 2 rings (SSSR count). The molecule has 0 bridgehead atoms. The van der Waals surface area contributed by atoms with Gasteiger partial charge in [0.1, 0.15) is 0 Å². The van der Waals surface area contributed by atoms with Crippen LogP contribution in [-0.4, -0.2) is 8.42 Å². The molecule has 0 unspecified atom stereocenters. The summed E-state index contributed by atoms with van der Waals surface area (Å²) in [6.45, 7) is 2.05. The molecule has 0 aliphatic rings. The maximum absolute atomic E-state index is 11.8. The molecular weight excluding hydrogens is 272 g/mol. The second-order valence-electron chi connectivity index (χ2n) is 4.26. The number of nitrogens with one attached hydrogen (secondary N) is 1. The smallest absolute Gasteiger partial charge is 0.215 e. The van der Waals surface area contributed by atoms with Crippen molar-refractivity contribution in [3.05, 3.63) is 54.1 Å². The summed E-state index contributed by atoms with van der Waals surface area (Å²) in [6, 6.07) is 14.4. The first kappa shape index (κ1) is 14.1. The first-order valence-corrected chi connectivity index (χ1v) is 7.66. The van der Waals surface area contributed by atoms with Gasteiger partial charge in [-0.1, -0.05) is 43.3 Å². The predicted octanol–water partition coefficient (Wildman–Crippen LogP) is 2.68. The number of rotatable bonds is 4. The number of nitrogens with zero attached hydrogens (tertiary/aromatic N) is 1. The van der Waals surface area contributed by atoms with Crippen LogP contribution in [0.1, 0.15) is 12.5 Å². The SMILES string of the molecule is CCc1ccccc1-c1cccc(S(=O)(=O)NC#N)c1. The Morgan fingerprint density at radius 3 is 2.60 bits per heavy atom. The number of benzene rings is 2. The zero-order valence-electron chi connectivity index (χ0n) is 11.0. The molecule has 1 N–H and O–H groups in total. The van der Waals surface area contributed by atoms with E-state index in [2.05, 4.69) is 6.92 Å². The summed E-state index contributed by atoms with van der Waals surface area (Å²) in [6.07, 6.45) is 2.31. The Kier molecular flexibility index (Phi) is 4.06. The minimum atomic E-state index is -3.77. The van der Waals surface area contributed by atoms with Gasteiger partial charge in [-0.2, -0.15) is 5.26 Å². The van der Waals surface area contributed by atoms with Crippen LogP contribution in [0.4, 0.5) is 0 Å². The fourth-order valence-corrected chi connectivity index (χ4v) is 2.84. The second-order valence-corrected chi connectivity index (χ2v) is 5.94. The molecule has 2 aromatic carbocycles. The lowest BCUT2D eigenvalue weighted by Gasteiger charge is -2.09. The van der Waals surface area contributed by atoms with Gasteiger partial charge >= 0.3 is 0 Å². The van der Waals surface area contributed by atoms with E-state index in [0.29, 0.717) is 0 Å². The van der Waals surface area contributed by atoms with Crippen LogP contribution in [0.15, 0.2) is 53.4 Å². The molecule has 0 radical (unpaired) electrons. The number of hydrogen-bond donors (Lipinski definition) is 1. The van der Waals surface area contributed by atoms with E-state index in [-0.39, 0.29) is 4.90 Å². The van der Waals surface area contributed by atoms with Crippen molar-refractivity contribution < 1.29 is 8.42 Å². The molecule has 0 aliphatic carbocycles. The third-order valence-corrected chi connectivity index (χ3v) is 4.27. The molecule has 0 spiro atoms. The van der Waals surface area contributed by atoms with Crippen LogP contribution in [-0.2, 0) is 16.4 Å². The van der Waals surface area contributed by atoms with E-state index >= 15 is 0 Å². The van der Waals surface area contributed by atoms with Crippen molar-refractivity contribution in [2.45, 2.75) is 18.2 Å². The van der Waals surface area contributed by atoms with Crippen LogP contribution in [0, 0.1) is 11.5 Å². The average Bonchev–Trinajstić information content (AvgIpc) is 2.47. The van der Waals surface area contributed by atoms with Crippen LogP contribution in [0.25, 0.3) is 11.1 Å². The second kappa shape index (κ2) is 5.76. The third-order valence-electron chi connectivity index (χ3n) is 3.03. The highest BCUT2D eigenvalue weighted by Crippen LogP contribution is 2.26. The van der Waals surface area contributed by atoms with Crippen LogP contribution < -0.4 is 4.72 Å². The van der Waals surface area contributed by atoms with E-state index < -0.39 is 10.0 Å². The maximum atomic E-state index is 11.8. The molecule has 0 saturated carbocycles. The van der Waals surface area contributed by atoms with Gasteiger partial charge < -0.3 is 0 Å². The topological polar surface area (TPSA) is 70.0 Å². The molecule has 20 heavy (non-hydrogen) atoms. The van der Waals surface area contributed by atoms with E-state index in [1.807, 2.05) is 35.1 Å². The molecule has 0 fully saturated rings. The molecule has 0 aliphatic heterocycles. The number of sulfonamides is 1. The van der Waals surface area contributed by atoms with E-state index in [9.17, 15) is 8.42 Å². The Morgan fingerprint density at radius 1 is 1.15 bits per heavy atom. The lowest BCUT2D eigenvalue weighted by molar-refractivity contribution is 0.591. The largest absolute Gasteiger partial charge is 0.270 e. The molecular formula is C15H14N2O2S. The van der Waals surface area contributed by atoms with Crippen molar-refractivity contribution in [3.8, 4) is 17.3 Å². The Hall–Kier alpha value is -2.32. The normalized spacial score (nSPS) is 10.8. The first-order valence-electron chi connectivity index (χ1n) is 6.17. The van der Waals surface area contributed by atoms with Gasteiger partial charge in [0, 0.05) is 0 Å². The van der Waals surface area contributed by atoms with Gasteiger partial charge in [-0.3, -0.25) is 0 Å². The summed E-state index contributed by atoms with van der Waals surface area (Å²) < 4.78 is 25.5. The zero-order valence-corrected chi connectivity index (χ0v) is 11.8. The van der Waals surface area contributed by atoms with Gasteiger partial charge in [-0.05, 0) is 35.2 Å². The van der Waals surface area contributed by atoms with Crippen molar-refractivity contribution in [1.82, 2.24) is 4.72 Å². The Labute approximate surface area is 118 Å². The highest BCUT2D eigenvalue weighted by molar-refractivity contribution is 7.89. The average molecular weight is 286 g/mol. The number of nitriles is 1. The van der Waals surface area contributed by atoms with Gasteiger partial charge in [-0.25, -0.2) is 13.1 Å². The summed E-state index contributed by atoms with van der Waals surface area (Å²) >= 11 is 0. The molecule has 0 saturated heterocycles. The van der Waals surface area contributed by atoms with Gasteiger partial charge in [0.15, 0.2) is 6.19 Å². The molecule has 2 aromatic rings. The van der Waals surface area contributed by atoms with Crippen molar-refractivity contribution in [2.24, 2.45) is 0 Å².